The van der Waals surface area contributed by atoms with Crippen LogP contribution in [0, 0.1) is 5.92 Å². The molecule has 0 aromatic carbocycles. The van der Waals surface area contributed by atoms with E-state index in [0.29, 0.717) is 13.0 Å². The van der Waals surface area contributed by atoms with Crippen molar-refractivity contribution in [3.8, 4) is 0 Å². The monoisotopic (exact) mass is 218 g/mol. The van der Waals surface area contributed by atoms with Crippen LogP contribution in [-0.2, 0) is 4.79 Å². The van der Waals surface area contributed by atoms with E-state index in [0.717, 1.165) is 19.4 Å². The van der Waals surface area contributed by atoms with Crippen molar-refractivity contribution in [2.75, 3.05) is 19.6 Å². The van der Waals surface area contributed by atoms with Crippen LogP contribution < -0.4 is 5.32 Å². The van der Waals surface area contributed by atoms with Crippen LogP contribution in [0.25, 0.3) is 0 Å². The maximum atomic E-state index is 12.4. The molecule has 0 bridgehead atoms. The first-order valence-corrected chi connectivity index (χ1v) is 5.49. The molecule has 3 nitrogen and oxygen atoms in total. The molecule has 86 valence electrons. The topological polar surface area (TPSA) is 32.3 Å². The van der Waals surface area contributed by atoms with Gasteiger partial charge in [0.1, 0.15) is 0 Å². The Morgan fingerprint density at radius 3 is 2.73 bits per heavy atom. The molecule has 0 aromatic rings. The minimum atomic E-state index is -2.29. The van der Waals surface area contributed by atoms with Gasteiger partial charge in [-0.2, -0.15) is 0 Å². The van der Waals surface area contributed by atoms with Crippen LogP contribution in [0.1, 0.15) is 19.3 Å². The van der Waals surface area contributed by atoms with Gasteiger partial charge in [0, 0.05) is 19.0 Å². The van der Waals surface area contributed by atoms with Gasteiger partial charge < -0.3 is 10.2 Å². The zero-order valence-corrected chi connectivity index (χ0v) is 8.59. The van der Waals surface area contributed by atoms with Crippen molar-refractivity contribution in [1.29, 1.82) is 0 Å². The summed E-state index contributed by atoms with van der Waals surface area (Å²) in [6, 6.07) is -0.124. The van der Waals surface area contributed by atoms with E-state index in [4.69, 9.17) is 0 Å². The number of alkyl halides is 2. The largest absolute Gasteiger partial charge is 0.341 e. The number of hydrogen-bond acceptors (Lipinski definition) is 2. The van der Waals surface area contributed by atoms with Crippen molar-refractivity contribution in [2.45, 2.75) is 31.7 Å². The molecular weight excluding hydrogens is 202 g/mol. The summed E-state index contributed by atoms with van der Waals surface area (Å²) in [7, 11) is 0. The molecule has 2 aliphatic heterocycles. The fourth-order valence-corrected chi connectivity index (χ4v) is 2.31. The Morgan fingerprint density at radius 1 is 1.40 bits per heavy atom. The Labute approximate surface area is 87.8 Å². The number of carbonyl (C=O) groups excluding carboxylic acids is 1. The molecule has 2 atom stereocenters. The van der Waals surface area contributed by atoms with Crippen molar-refractivity contribution in [1.82, 2.24) is 10.2 Å². The highest BCUT2D eigenvalue weighted by molar-refractivity contribution is 5.82. The number of likely N-dealkylation sites (tertiary alicyclic amines) is 1. The Hall–Kier alpha value is -0.710. The van der Waals surface area contributed by atoms with Crippen LogP contribution in [0.3, 0.4) is 0 Å². The summed E-state index contributed by atoms with van der Waals surface area (Å²) >= 11 is 0. The maximum Gasteiger partial charge on any atom is 0.243 e. The van der Waals surface area contributed by atoms with Gasteiger partial charge in [0.15, 0.2) is 0 Å². The Balaban J connectivity index is 1.87. The number of carbonyl (C=O) groups is 1. The zero-order chi connectivity index (χ0) is 10.8. The lowest BCUT2D eigenvalue weighted by molar-refractivity contribution is -0.132. The highest BCUT2D eigenvalue weighted by Gasteiger charge is 2.35. The predicted octanol–water partition coefficient (Wildman–Crippen LogP) is 0.852. The molecule has 0 radical (unpaired) electrons. The molecule has 1 amide bonds. The van der Waals surface area contributed by atoms with Crippen LogP contribution in [-0.4, -0.2) is 42.9 Å². The highest BCUT2D eigenvalue weighted by atomic mass is 19.3. The smallest absolute Gasteiger partial charge is 0.243 e. The minimum Gasteiger partial charge on any atom is -0.341 e. The van der Waals surface area contributed by atoms with Crippen LogP contribution in [0.15, 0.2) is 0 Å². The number of nitrogens with one attached hydrogen (secondary N) is 1. The molecule has 2 heterocycles. The van der Waals surface area contributed by atoms with E-state index in [1.807, 2.05) is 0 Å². The molecule has 2 fully saturated rings. The van der Waals surface area contributed by atoms with E-state index in [9.17, 15) is 13.6 Å². The van der Waals surface area contributed by atoms with Crippen LogP contribution in [0.5, 0.6) is 0 Å². The summed E-state index contributed by atoms with van der Waals surface area (Å²) in [5.41, 5.74) is 0. The van der Waals surface area contributed by atoms with Gasteiger partial charge in [-0.25, -0.2) is 8.78 Å². The average molecular weight is 218 g/mol. The predicted molar refractivity (Wildman–Crippen MR) is 51.7 cm³/mol. The van der Waals surface area contributed by atoms with E-state index in [1.54, 1.807) is 4.90 Å². The molecule has 15 heavy (non-hydrogen) atoms. The number of nitrogens with zero attached hydrogens (tertiary/aromatic N) is 1. The van der Waals surface area contributed by atoms with Crippen LogP contribution >= 0.6 is 0 Å². The van der Waals surface area contributed by atoms with Gasteiger partial charge in [-0.3, -0.25) is 4.79 Å². The fourth-order valence-electron chi connectivity index (χ4n) is 2.31. The van der Waals surface area contributed by atoms with Gasteiger partial charge in [0.2, 0.25) is 12.3 Å². The number of amides is 1. The van der Waals surface area contributed by atoms with E-state index in [2.05, 4.69) is 5.32 Å². The second kappa shape index (κ2) is 4.43. The number of rotatable bonds is 2. The third-order valence-corrected chi connectivity index (χ3v) is 3.25. The molecule has 0 spiro atoms. The molecule has 0 saturated carbocycles. The van der Waals surface area contributed by atoms with E-state index in [1.165, 1.54) is 0 Å². The Kier molecular flexibility index (Phi) is 3.19. The summed E-state index contributed by atoms with van der Waals surface area (Å²) in [4.78, 5) is 13.4. The molecule has 2 rings (SSSR count). The van der Waals surface area contributed by atoms with Gasteiger partial charge in [0.05, 0.1) is 6.04 Å². The lowest BCUT2D eigenvalue weighted by atomic mass is 10.1. The van der Waals surface area contributed by atoms with Crippen LogP contribution in [0.4, 0.5) is 8.78 Å². The van der Waals surface area contributed by atoms with Gasteiger partial charge in [0.25, 0.3) is 0 Å². The van der Waals surface area contributed by atoms with Crippen molar-refractivity contribution in [3.63, 3.8) is 0 Å². The SMILES string of the molecule is O=C([C@H]1CCCN1)N1CC[C@H](C(F)F)C1. The molecule has 2 aliphatic rings. The second-order valence-electron chi connectivity index (χ2n) is 4.32. The van der Waals surface area contributed by atoms with E-state index < -0.39 is 12.3 Å². The number of halogens is 2. The fraction of sp³-hybridized carbons (Fsp3) is 0.900. The quantitative estimate of drug-likeness (QED) is 0.745. The first-order valence-electron chi connectivity index (χ1n) is 5.49. The van der Waals surface area contributed by atoms with E-state index in [-0.39, 0.29) is 18.5 Å². The minimum absolute atomic E-state index is 0.00986. The Bertz CT molecular complexity index is 242. The molecule has 0 aromatic heterocycles. The summed E-state index contributed by atoms with van der Waals surface area (Å²) < 4.78 is 24.8. The summed E-state index contributed by atoms with van der Waals surface area (Å²) in [6.45, 7) is 1.59. The van der Waals surface area contributed by atoms with E-state index >= 15 is 0 Å². The third-order valence-electron chi connectivity index (χ3n) is 3.25. The Morgan fingerprint density at radius 2 is 2.20 bits per heavy atom. The normalized spacial score (nSPS) is 31.5. The van der Waals surface area contributed by atoms with Gasteiger partial charge in [-0.15, -0.1) is 0 Å². The second-order valence-corrected chi connectivity index (χ2v) is 4.32. The van der Waals surface area contributed by atoms with Crippen molar-refractivity contribution in [3.05, 3.63) is 0 Å². The van der Waals surface area contributed by atoms with Crippen molar-refractivity contribution in [2.24, 2.45) is 5.92 Å². The summed E-state index contributed by atoms with van der Waals surface area (Å²) in [6.07, 6.45) is -0.00723. The molecule has 2 saturated heterocycles. The van der Waals surface area contributed by atoms with Crippen molar-refractivity contribution < 1.29 is 13.6 Å². The maximum absolute atomic E-state index is 12.4. The van der Waals surface area contributed by atoms with Crippen molar-refractivity contribution >= 4 is 5.91 Å². The van der Waals surface area contributed by atoms with Gasteiger partial charge in [-0.1, -0.05) is 0 Å². The average Bonchev–Trinajstić information content (AvgIpc) is 2.88. The zero-order valence-electron chi connectivity index (χ0n) is 8.59. The summed E-state index contributed by atoms with van der Waals surface area (Å²) in [5.74, 6) is -0.606. The molecule has 0 aliphatic carbocycles. The molecule has 5 heteroatoms. The van der Waals surface area contributed by atoms with Gasteiger partial charge in [-0.05, 0) is 25.8 Å². The molecule has 0 unspecified atom stereocenters. The summed E-state index contributed by atoms with van der Waals surface area (Å²) in [5, 5.41) is 3.10. The lowest BCUT2D eigenvalue weighted by Gasteiger charge is -2.20. The van der Waals surface area contributed by atoms with Crippen LogP contribution in [0.2, 0.25) is 0 Å². The lowest BCUT2D eigenvalue weighted by Crippen LogP contribution is -2.42. The standard InChI is InChI=1S/C10H16F2N2O/c11-9(12)7-3-5-14(6-7)10(15)8-2-1-4-13-8/h7-9,13H,1-6H2/t7-,8+/m0/s1. The highest BCUT2D eigenvalue weighted by Crippen LogP contribution is 2.24. The first kappa shape index (κ1) is 10.8. The first-order chi connectivity index (χ1) is 7.18. The molecule has 1 N–H and O–H groups in total. The third kappa shape index (κ3) is 2.27. The van der Waals surface area contributed by atoms with Gasteiger partial charge >= 0.3 is 0 Å². The number of hydrogen-bond donors (Lipinski definition) is 1. The molecular formula is C10H16F2N2O.